The summed E-state index contributed by atoms with van der Waals surface area (Å²) in [5.74, 6) is 0.482. The molecule has 0 aliphatic heterocycles. The molecule has 6 heteroatoms. The number of rotatable bonds is 7. The lowest BCUT2D eigenvalue weighted by molar-refractivity contribution is -0.124. The number of hydrogen-bond donors (Lipinski definition) is 1. The first-order valence-electron chi connectivity index (χ1n) is 5.86. The third kappa shape index (κ3) is 5.32. The van der Waals surface area contributed by atoms with Gasteiger partial charge in [0.1, 0.15) is 5.75 Å². The van der Waals surface area contributed by atoms with Gasteiger partial charge in [-0.1, -0.05) is 50.4 Å². The molecule has 0 aliphatic carbocycles. The van der Waals surface area contributed by atoms with Crippen molar-refractivity contribution in [1.82, 2.24) is 5.32 Å². The number of carbonyl (C=O) groups excluding carboxylic acids is 1. The standard InChI is InChI=1S/C13H16Br2ClNO2/c1-2-13(8-14,9-15)17-12(18)7-19-11-5-3-10(16)4-6-11/h3-6H,2,7-9H2,1H3,(H,17,18). The summed E-state index contributed by atoms with van der Waals surface area (Å²) in [6, 6.07) is 6.92. The van der Waals surface area contributed by atoms with Crippen molar-refractivity contribution in [2.75, 3.05) is 17.3 Å². The molecule has 0 spiro atoms. The number of hydrogen-bond acceptors (Lipinski definition) is 2. The molecule has 1 aromatic carbocycles. The van der Waals surface area contributed by atoms with Gasteiger partial charge >= 0.3 is 0 Å². The summed E-state index contributed by atoms with van der Waals surface area (Å²) in [6.07, 6.45) is 0.830. The summed E-state index contributed by atoms with van der Waals surface area (Å²) in [4.78, 5) is 11.9. The minimum absolute atomic E-state index is 0.0105. The minimum Gasteiger partial charge on any atom is -0.484 e. The SMILES string of the molecule is CCC(CBr)(CBr)NC(=O)COc1ccc(Cl)cc1. The average molecular weight is 414 g/mol. The quantitative estimate of drug-likeness (QED) is 0.691. The van der Waals surface area contributed by atoms with E-state index in [0.717, 1.165) is 6.42 Å². The smallest absolute Gasteiger partial charge is 0.258 e. The van der Waals surface area contributed by atoms with Crippen LogP contribution >= 0.6 is 43.5 Å². The largest absolute Gasteiger partial charge is 0.484 e. The van der Waals surface area contributed by atoms with Crippen molar-refractivity contribution >= 4 is 49.4 Å². The zero-order valence-corrected chi connectivity index (χ0v) is 14.5. The van der Waals surface area contributed by atoms with Crippen LogP contribution in [0.15, 0.2) is 24.3 Å². The highest BCUT2D eigenvalue weighted by molar-refractivity contribution is 9.09. The Kier molecular flexibility index (Phi) is 7.18. The number of alkyl halides is 2. The van der Waals surface area contributed by atoms with Gasteiger partial charge < -0.3 is 10.1 Å². The highest BCUT2D eigenvalue weighted by atomic mass is 79.9. The Balaban J connectivity index is 2.49. The molecule has 0 unspecified atom stereocenters. The number of benzene rings is 1. The molecular weight excluding hydrogens is 397 g/mol. The lowest BCUT2D eigenvalue weighted by Gasteiger charge is -2.29. The van der Waals surface area contributed by atoms with Crippen LogP contribution in [0.1, 0.15) is 13.3 Å². The fourth-order valence-corrected chi connectivity index (χ4v) is 3.52. The average Bonchev–Trinajstić information content (AvgIpc) is 2.44. The first-order chi connectivity index (χ1) is 9.05. The normalized spacial score (nSPS) is 11.2. The molecule has 0 aliphatic rings. The van der Waals surface area contributed by atoms with Crippen LogP contribution in [0.5, 0.6) is 5.75 Å². The molecular formula is C13H16Br2ClNO2. The predicted octanol–water partition coefficient (Wildman–Crippen LogP) is 3.77. The summed E-state index contributed by atoms with van der Waals surface area (Å²) in [5, 5.41) is 4.99. The predicted molar refractivity (Wildman–Crippen MR) is 85.7 cm³/mol. The Labute approximate surface area is 135 Å². The molecule has 0 saturated carbocycles. The number of carbonyl (C=O) groups is 1. The van der Waals surface area contributed by atoms with Gasteiger partial charge in [-0.15, -0.1) is 0 Å². The first-order valence-corrected chi connectivity index (χ1v) is 8.48. The van der Waals surface area contributed by atoms with E-state index in [-0.39, 0.29) is 18.1 Å². The maximum atomic E-state index is 11.9. The molecule has 0 fully saturated rings. The summed E-state index contributed by atoms with van der Waals surface area (Å²) in [7, 11) is 0. The minimum atomic E-state index is -0.277. The van der Waals surface area contributed by atoms with Gasteiger partial charge in [0.2, 0.25) is 0 Å². The second-order valence-electron chi connectivity index (χ2n) is 4.19. The zero-order valence-electron chi connectivity index (χ0n) is 10.6. The van der Waals surface area contributed by atoms with E-state index >= 15 is 0 Å². The molecule has 19 heavy (non-hydrogen) atoms. The van der Waals surface area contributed by atoms with Gasteiger partial charge in [0.15, 0.2) is 6.61 Å². The van der Waals surface area contributed by atoms with Crippen LogP contribution in [0.3, 0.4) is 0 Å². The fourth-order valence-electron chi connectivity index (χ4n) is 1.39. The highest BCUT2D eigenvalue weighted by Gasteiger charge is 2.27. The van der Waals surface area contributed by atoms with E-state index in [4.69, 9.17) is 16.3 Å². The van der Waals surface area contributed by atoms with Crippen molar-refractivity contribution in [2.45, 2.75) is 18.9 Å². The lowest BCUT2D eigenvalue weighted by Crippen LogP contribution is -2.52. The third-order valence-electron chi connectivity index (χ3n) is 2.78. The van der Waals surface area contributed by atoms with E-state index < -0.39 is 0 Å². The second kappa shape index (κ2) is 8.12. The Hall–Kier alpha value is -0.260. The molecule has 0 saturated heterocycles. The van der Waals surface area contributed by atoms with E-state index in [1.807, 2.05) is 6.92 Å². The molecule has 1 amide bonds. The van der Waals surface area contributed by atoms with Crippen molar-refractivity contribution < 1.29 is 9.53 Å². The van der Waals surface area contributed by atoms with Gasteiger partial charge in [-0.3, -0.25) is 4.79 Å². The van der Waals surface area contributed by atoms with Crippen LogP contribution in [0.4, 0.5) is 0 Å². The summed E-state index contributed by atoms with van der Waals surface area (Å²) < 4.78 is 5.40. The monoisotopic (exact) mass is 411 g/mol. The summed E-state index contributed by atoms with van der Waals surface area (Å²) >= 11 is 12.6. The van der Waals surface area contributed by atoms with E-state index in [2.05, 4.69) is 37.2 Å². The molecule has 1 rings (SSSR count). The number of ether oxygens (including phenoxy) is 1. The van der Waals surface area contributed by atoms with Crippen LogP contribution in [0, 0.1) is 0 Å². The van der Waals surface area contributed by atoms with Gasteiger partial charge in [0, 0.05) is 15.7 Å². The number of amides is 1. The van der Waals surface area contributed by atoms with Gasteiger partial charge in [-0.2, -0.15) is 0 Å². The first kappa shape index (κ1) is 16.8. The molecule has 0 radical (unpaired) electrons. The Morgan fingerprint density at radius 1 is 1.32 bits per heavy atom. The van der Waals surface area contributed by atoms with Gasteiger partial charge in [0.25, 0.3) is 5.91 Å². The van der Waals surface area contributed by atoms with E-state index in [1.165, 1.54) is 0 Å². The second-order valence-corrected chi connectivity index (χ2v) is 5.75. The van der Waals surface area contributed by atoms with Crippen molar-refractivity contribution in [3.05, 3.63) is 29.3 Å². The number of halogens is 3. The van der Waals surface area contributed by atoms with Crippen molar-refractivity contribution in [3.8, 4) is 5.75 Å². The molecule has 106 valence electrons. The van der Waals surface area contributed by atoms with Crippen LogP contribution in [-0.2, 0) is 4.79 Å². The lowest BCUT2D eigenvalue weighted by atomic mass is 10.0. The molecule has 0 aromatic heterocycles. The molecule has 0 bridgehead atoms. The molecule has 3 nitrogen and oxygen atoms in total. The maximum absolute atomic E-state index is 11.9. The summed E-state index contributed by atoms with van der Waals surface area (Å²) in [5.41, 5.74) is -0.277. The summed E-state index contributed by atoms with van der Waals surface area (Å²) in [6.45, 7) is 2.02. The van der Waals surface area contributed by atoms with Gasteiger partial charge in [0.05, 0.1) is 5.54 Å². The fraction of sp³-hybridized carbons (Fsp3) is 0.462. The Bertz CT molecular complexity index is 399. The van der Waals surface area contributed by atoms with E-state index in [9.17, 15) is 4.79 Å². The highest BCUT2D eigenvalue weighted by Crippen LogP contribution is 2.18. The van der Waals surface area contributed by atoms with Crippen LogP contribution in [-0.4, -0.2) is 28.7 Å². The molecule has 1 N–H and O–H groups in total. The van der Waals surface area contributed by atoms with E-state index in [0.29, 0.717) is 21.4 Å². The zero-order chi connectivity index (χ0) is 14.3. The molecule has 0 heterocycles. The van der Waals surface area contributed by atoms with Crippen LogP contribution in [0.2, 0.25) is 5.02 Å². The van der Waals surface area contributed by atoms with E-state index in [1.54, 1.807) is 24.3 Å². The Morgan fingerprint density at radius 3 is 2.37 bits per heavy atom. The van der Waals surface area contributed by atoms with Crippen molar-refractivity contribution in [3.63, 3.8) is 0 Å². The molecule has 1 aromatic rings. The van der Waals surface area contributed by atoms with Gasteiger partial charge in [-0.05, 0) is 30.7 Å². The Morgan fingerprint density at radius 2 is 1.89 bits per heavy atom. The topological polar surface area (TPSA) is 38.3 Å². The molecule has 0 atom stereocenters. The number of nitrogens with one attached hydrogen (secondary N) is 1. The third-order valence-corrected chi connectivity index (χ3v) is 5.18. The van der Waals surface area contributed by atoms with Crippen LogP contribution in [0.25, 0.3) is 0 Å². The van der Waals surface area contributed by atoms with Crippen molar-refractivity contribution in [2.24, 2.45) is 0 Å². The van der Waals surface area contributed by atoms with Crippen molar-refractivity contribution in [1.29, 1.82) is 0 Å². The van der Waals surface area contributed by atoms with Gasteiger partial charge in [-0.25, -0.2) is 0 Å². The maximum Gasteiger partial charge on any atom is 0.258 e. The van der Waals surface area contributed by atoms with Crippen LogP contribution < -0.4 is 10.1 Å².